The van der Waals surface area contributed by atoms with Gasteiger partial charge in [-0.25, -0.2) is 0 Å². The Morgan fingerprint density at radius 2 is 2.29 bits per heavy atom. The summed E-state index contributed by atoms with van der Waals surface area (Å²) in [5.74, 6) is -0.592. The number of nitro benzene ring substituents is 1. The Morgan fingerprint density at radius 3 is 2.82 bits per heavy atom. The molecule has 3 N–H and O–H groups in total. The molecule has 0 aliphatic heterocycles. The highest BCUT2D eigenvalue weighted by molar-refractivity contribution is 5.93. The van der Waals surface area contributed by atoms with Crippen LogP contribution in [0.1, 0.15) is 10.4 Å². The van der Waals surface area contributed by atoms with Crippen LogP contribution in [-0.4, -0.2) is 31.0 Å². The summed E-state index contributed by atoms with van der Waals surface area (Å²) in [6.07, 6.45) is 0. The van der Waals surface area contributed by atoms with Gasteiger partial charge in [-0.15, -0.1) is 0 Å². The van der Waals surface area contributed by atoms with Crippen molar-refractivity contribution in [1.29, 1.82) is 0 Å². The third-order valence-corrected chi connectivity index (χ3v) is 2.05. The van der Waals surface area contributed by atoms with Gasteiger partial charge in [0.15, 0.2) is 5.75 Å². The zero-order chi connectivity index (χ0) is 12.8. The predicted octanol–water partition coefficient (Wildman–Crippen LogP) is 0.292. The smallest absolute Gasteiger partial charge is 0.311 e. The lowest BCUT2D eigenvalue weighted by Crippen LogP contribution is -2.16. The fraction of sp³-hybridized carbons (Fsp3) is 0.300. The fourth-order valence-electron chi connectivity index (χ4n) is 1.20. The van der Waals surface area contributed by atoms with Gasteiger partial charge in [0.25, 0.3) is 0 Å². The van der Waals surface area contributed by atoms with Crippen molar-refractivity contribution in [2.75, 3.05) is 20.2 Å². The molecule has 0 aliphatic rings. The van der Waals surface area contributed by atoms with Crippen LogP contribution in [0.25, 0.3) is 0 Å². The third kappa shape index (κ3) is 3.42. The molecule has 1 aromatic rings. The van der Waals surface area contributed by atoms with Gasteiger partial charge in [0, 0.05) is 18.2 Å². The quantitative estimate of drug-likeness (QED) is 0.421. The maximum absolute atomic E-state index is 10.9. The van der Waals surface area contributed by atoms with Gasteiger partial charge >= 0.3 is 5.69 Å². The van der Waals surface area contributed by atoms with Gasteiger partial charge < -0.3 is 15.8 Å². The average Bonchev–Trinajstić information content (AvgIpc) is 2.29. The molecular weight excluding hydrogens is 226 g/mol. The number of carbonyl (C=O) groups is 1. The first-order valence-corrected chi connectivity index (χ1v) is 4.92. The Bertz CT molecular complexity index is 434. The van der Waals surface area contributed by atoms with Crippen LogP contribution in [0.5, 0.6) is 5.75 Å². The maximum atomic E-state index is 10.9. The van der Waals surface area contributed by atoms with Crippen LogP contribution in [0.15, 0.2) is 18.2 Å². The number of primary amides is 1. The first-order valence-electron chi connectivity index (χ1n) is 4.92. The second kappa shape index (κ2) is 5.80. The van der Waals surface area contributed by atoms with Crippen LogP contribution in [-0.2, 0) is 0 Å². The standard InChI is InChI=1S/C10H13N3O4/c1-12-4-5-17-9-3-2-7(10(11)14)6-8(9)13(15)16/h2-3,6,12H,4-5H2,1H3,(H2,11,14). The minimum atomic E-state index is -0.713. The van der Waals surface area contributed by atoms with Gasteiger partial charge in [0.05, 0.1) is 4.92 Å². The van der Waals surface area contributed by atoms with Crippen LogP contribution in [0, 0.1) is 10.1 Å². The molecule has 0 spiro atoms. The number of ether oxygens (including phenoxy) is 1. The van der Waals surface area contributed by atoms with Gasteiger partial charge in [-0.05, 0) is 19.2 Å². The second-order valence-electron chi connectivity index (χ2n) is 3.26. The SMILES string of the molecule is CNCCOc1ccc(C(N)=O)cc1[N+](=O)[O-]. The predicted molar refractivity (Wildman–Crippen MR) is 61.0 cm³/mol. The highest BCUT2D eigenvalue weighted by atomic mass is 16.6. The van der Waals surface area contributed by atoms with Crippen LogP contribution in [0.3, 0.4) is 0 Å². The van der Waals surface area contributed by atoms with Gasteiger partial charge in [-0.3, -0.25) is 14.9 Å². The Morgan fingerprint density at radius 1 is 1.59 bits per heavy atom. The summed E-state index contributed by atoms with van der Waals surface area (Å²) in [4.78, 5) is 21.1. The third-order valence-electron chi connectivity index (χ3n) is 2.05. The number of nitro groups is 1. The summed E-state index contributed by atoms with van der Waals surface area (Å²) in [7, 11) is 1.74. The molecule has 0 unspecified atom stereocenters. The minimum absolute atomic E-state index is 0.0812. The van der Waals surface area contributed by atoms with E-state index in [9.17, 15) is 14.9 Å². The van der Waals surface area contributed by atoms with E-state index in [0.717, 1.165) is 6.07 Å². The van der Waals surface area contributed by atoms with Crippen LogP contribution < -0.4 is 15.8 Å². The van der Waals surface area contributed by atoms with E-state index >= 15 is 0 Å². The van der Waals surface area contributed by atoms with Gasteiger partial charge in [-0.1, -0.05) is 0 Å². The molecule has 7 heteroatoms. The number of nitrogens with zero attached hydrogens (tertiary/aromatic N) is 1. The van der Waals surface area contributed by atoms with Crippen LogP contribution in [0.2, 0.25) is 0 Å². The summed E-state index contributed by atoms with van der Waals surface area (Å²) < 4.78 is 5.22. The number of rotatable bonds is 6. The van der Waals surface area contributed by atoms with E-state index in [4.69, 9.17) is 10.5 Å². The zero-order valence-electron chi connectivity index (χ0n) is 9.30. The topological polar surface area (TPSA) is 107 Å². The molecule has 0 saturated carbocycles. The molecule has 7 nitrogen and oxygen atoms in total. The van der Waals surface area contributed by atoms with Crippen molar-refractivity contribution in [3.8, 4) is 5.75 Å². The summed E-state index contributed by atoms with van der Waals surface area (Å²) in [5.41, 5.74) is 4.86. The molecule has 0 aliphatic carbocycles. The largest absolute Gasteiger partial charge is 0.485 e. The van der Waals surface area contributed by atoms with Crippen molar-refractivity contribution in [3.05, 3.63) is 33.9 Å². The van der Waals surface area contributed by atoms with E-state index in [2.05, 4.69) is 5.32 Å². The number of hydrogen-bond donors (Lipinski definition) is 2. The highest BCUT2D eigenvalue weighted by Gasteiger charge is 2.17. The summed E-state index contributed by atoms with van der Waals surface area (Å²) >= 11 is 0. The zero-order valence-corrected chi connectivity index (χ0v) is 9.30. The molecular formula is C10H13N3O4. The molecule has 1 aromatic carbocycles. The van der Waals surface area contributed by atoms with Crippen molar-refractivity contribution in [3.63, 3.8) is 0 Å². The number of likely N-dealkylation sites (N-methyl/N-ethyl adjacent to an activating group) is 1. The molecule has 0 heterocycles. The molecule has 0 fully saturated rings. The monoisotopic (exact) mass is 239 g/mol. The Hall–Kier alpha value is -2.15. The number of amides is 1. The van der Waals surface area contributed by atoms with Crippen LogP contribution >= 0.6 is 0 Å². The molecule has 0 atom stereocenters. The van der Waals surface area contributed by atoms with E-state index in [-0.39, 0.29) is 17.0 Å². The van der Waals surface area contributed by atoms with E-state index in [0.29, 0.717) is 13.2 Å². The van der Waals surface area contributed by atoms with Gasteiger partial charge in [0.1, 0.15) is 6.61 Å². The lowest BCUT2D eigenvalue weighted by atomic mass is 10.2. The average molecular weight is 239 g/mol. The second-order valence-corrected chi connectivity index (χ2v) is 3.26. The lowest BCUT2D eigenvalue weighted by molar-refractivity contribution is -0.385. The number of nitrogens with one attached hydrogen (secondary N) is 1. The normalized spacial score (nSPS) is 9.94. The molecule has 1 rings (SSSR count). The Labute approximate surface area is 97.7 Å². The molecule has 92 valence electrons. The van der Waals surface area contributed by atoms with Crippen molar-refractivity contribution in [2.24, 2.45) is 5.73 Å². The molecule has 0 radical (unpaired) electrons. The first kappa shape index (κ1) is 12.9. The van der Waals surface area contributed by atoms with E-state index < -0.39 is 10.8 Å². The van der Waals surface area contributed by atoms with Crippen molar-refractivity contribution < 1.29 is 14.5 Å². The van der Waals surface area contributed by atoms with Gasteiger partial charge in [0.2, 0.25) is 5.91 Å². The summed E-state index contributed by atoms with van der Waals surface area (Å²) in [5, 5.41) is 13.6. The first-order chi connectivity index (χ1) is 8.06. The van der Waals surface area contributed by atoms with Crippen molar-refractivity contribution in [1.82, 2.24) is 5.32 Å². The molecule has 1 amide bonds. The van der Waals surface area contributed by atoms with Crippen molar-refractivity contribution >= 4 is 11.6 Å². The number of nitrogens with two attached hydrogens (primary N) is 1. The summed E-state index contributed by atoms with van der Waals surface area (Å²) in [6, 6.07) is 3.87. The minimum Gasteiger partial charge on any atom is -0.485 e. The molecule has 0 aromatic heterocycles. The Balaban J connectivity index is 2.96. The Kier molecular flexibility index (Phi) is 4.41. The number of hydrogen-bond acceptors (Lipinski definition) is 5. The lowest BCUT2D eigenvalue weighted by Gasteiger charge is -2.06. The molecule has 0 saturated heterocycles. The number of carbonyl (C=O) groups excluding carboxylic acids is 1. The maximum Gasteiger partial charge on any atom is 0.311 e. The number of benzene rings is 1. The van der Waals surface area contributed by atoms with E-state index in [1.165, 1.54) is 12.1 Å². The van der Waals surface area contributed by atoms with Crippen molar-refractivity contribution in [2.45, 2.75) is 0 Å². The summed E-state index contributed by atoms with van der Waals surface area (Å²) in [6.45, 7) is 0.863. The van der Waals surface area contributed by atoms with Crippen LogP contribution in [0.4, 0.5) is 5.69 Å². The van der Waals surface area contributed by atoms with Gasteiger partial charge in [-0.2, -0.15) is 0 Å². The highest BCUT2D eigenvalue weighted by Crippen LogP contribution is 2.27. The molecule has 0 bridgehead atoms. The van der Waals surface area contributed by atoms with E-state index in [1.807, 2.05) is 0 Å². The molecule has 17 heavy (non-hydrogen) atoms. The fourth-order valence-corrected chi connectivity index (χ4v) is 1.20. The van der Waals surface area contributed by atoms with E-state index in [1.54, 1.807) is 7.05 Å².